The molecule has 16 aliphatic rings. The summed E-state index contributed by atoms with van der Waals surface area (Å²) in [5, 5.41) is 2.51. The Morgan fingerprint density at radius 3 is 1.61 bits per heavy atom. The highest BCUT2D eigenvalue weighted by Gasteiger charge is 2.56. The first-order chi connectivity index (χ1) is 41.1. The highest BCUT2D eigenvalue weighted by atomic mass is 16.6. The average Bonchev–Trinajstić information content (AvgIpc) is 3.45. The van der Waals surface area contributed by atoms with Gasteiger partial charge in [0.15, 0.2) is 0 Å². The Hall–Kier alpha value is -5.05. The van der Waals surface area contributed by atoms with Gasteiger partial charge in [0.2, 0.25) is 0 Å². The Labute approximate surface area is 507 Å². The highest BCUT2D eigenvalue weighted by Crippen LogP contribution is 2.61. The Morgan fingerprint density at radius 1 is 0.524 bits per heavy atom. The topological polar surface area (TPSA) is 90.9 Å². The van der Waals surface area contributed by atoms with E-state index in [4.69, 9.17) is 37.9 Å². The number of ether oxygens (including phenoxy) is 8. The minimum absolute atomic E-state index is 0.0364. The first-order valence-corrected chi connectivity index (χ1v) is 33.5. The second-order valence-corrected chi connectivity index (χ2v) is 28.0. The minimum atomic E-state index is -0.136. The van der Waals surface area contributed by atoms with Crippen molar-refractivity contribution < 1.29 is 42.7 Å². The van der Waals surface area contributed by atoms with Gasteiger partial charge in [-0.1, -0.05) is 88.7 Å². The fraction of sp³-hybridized carbons (Fsp3) is 0.667. The molecule has 3 atom stereocenters. The van der Waals surface area contributed by atoms with Crippen LogP contribution in [0.2, 0.25) is 0 Å². The maximum atomic E-state index is 12.4. The zero-order valence-corrected chi connectivity index (χ0v) is 51.6. The van der Waals surface area contributed by atoms with Gasteiger partial charge in [-0.05, 0) is 272 Å². The van der Waals surface area contributed by atoms with Crippen molar-refractivity contribution in [1.29, 1.82) is 0 Å². The van der Waals surface area contributed by atoms with Crippen molar-refractivity contribution in [3.63, 3.8) is 0 Å². The third-order valence-corrected chi connectivity index (χ3v) is 21.9. The lowest BCUT2D eigenvalue weighted by Crippen LogP contribution is -2.51. The van der Waals surface area contributed by atoms with Gasteiger partial charge in [-0.2, -0.15) is 0 Å². The molecule has 15 aliphatic carbocycles. The monoisotopic (exact) mass is 1150 g/mol. The number of fused-ring (bicyclic) bond motifs is 3. The molecule has 0 aromatic heterocycles. The Bertz CT molecular complexity index is 2310. The lowest BCUT2D eigenvalue weighted by atomic mass is 9.49. The summed E-state index contributed by atoms with van der Waals surface area (Å²) in [6.45, 7) is 24.7. The summed E-state index contributed by atoms with van der Waals surface area (Å²) in [4.78, 5) is 12.4. The summed E-state index contributed by atoms with van der Waals surface area (Å²) in [5.41, 5.74) is 1.27. The zero-order chi connectivity index (χ0) is 58.6. The molecule has 2 aromatic carbocycles. The van der Waals surface area contributed by atoms with Crippen LogP contribution in [-0.2, 0) is 49.3 Å². The summed E-state index contributed by atoms with van der Waals surface area (Å²) >= 11 is 0. The Kier molecular flexibility index (Phi) is 24.2. The van der Waals surface area contributed by atoms with Gasteiger partial charge in [0.05, 0.1) is 68.6 Å². The van der Waals surface area contributed by atoms with Crippen LogP contribution in [0.1, 0.15) is 185 Å². The van der Waals surface area contributed by atoms with Gasteiger partial charge in [0.25, 0.3) is 0 Å². The van der Waals surface area contributed by atoms with E-state index in [0.29, 0.717) is 32.0 Å². The number of esters is 1. The van der Waals surface area contributed by atoms with E-state index in [0.717, 1.165) is 109 Å². The molecule has 0 spiro atoms. The van der Waals surface area contributed by atoms with Crippen LogP contribution in [0, 0.1) is 82.3 Å². The van der Waals surface area contributed by atoms with Crippen LogP contribution in [0.3, 0.4) is 0 Å². The summed E-state index contributed by atoms with van der Waals surface area (Å²) in [5.74, 6) is 12.0. The van der Waals surface area contributed by atoms with E-state index in [1.54, 1.807) is 31.3 Å². The smallest absolute Gasteiger partial charge is 0.312 e. The normalized spacial score (nSPS) is 35.6. The van der Waals surface area contributed by atoms with Crippen LogP contribution in [-0.4, -0.2) is 50.2 Å². The second-order valence-electron chi connectivity index (χ2n) is 28.0. The molecule has 462 valence electrons. The molecule has 0 amide bonds. The first kappa shape index (κ1) is 63.5. The van der Waals surface area contributed by atoms with Crippen molar-refractivity contribution in [1.82, 2.24) is 0 Å². The largest absolute Gasteiger partial charge is 0.502 e. The van der Waals surface area contributed by atoms with Crippen LogP contribution < -0.4 is 0 Å². The molecule has 0 N–H and O–H groups in total. The standard InChI is InChI=1S/C15H22O3.C13H12O.2C12H18O.C10H16O.C8H14O.C5H8O/c1-2-17-3-4-18-14(16)15-8-11-5-12(9-15)7-13(6-11)10-15;1-2-14-10-11-7-8-12-5-3-4-6-13(12)9-11;1-2-13-12-6-9-3-10(7-12)5-11(4-9)8-12;1-2-13-12-10-4-8-3-9(6-10)7-11(12)5-8;1-2-11-7-10-6-8-3-4-9(10)5-8;1-2-9-8-6-4-3-5-7-8;1-2-4-6-5-3-1/h2,11-13H,1,3-10H2;2-9H,1,10H2;2,9-11H,1,3-8H2;2,8-12H,1,3-7H2;2,8-10H,1,3-7H2;2,8H,1,3-7H2;2,4H,1,3,5H2. The van der Waals surface area contributed by atoms with E-state index in [1.807, 2.05) is 18.2 Å². The van der Waals surface area contributed by atoms with Crippen LogP contribution in [0.15, 0.2) is 132 Å². The molecular weight excluding hydrogens is 1040 g/mol. The van der Waals surface area contributed by atoms with Crippen LogP contribution in [0.25, 0.3) is 10.8 Å². The molecule has 9 nitrogen and oxygen atoms in total. The quantitative estimate of drug-likeness (QED) is 0.0872. The predicted octanol–water partition coefficient (Wildman–Crippen LogP) is 18.9. The van der Waals surface area contributed by atoms with Crippen molar-refractivity contribution in [2.45, 2.75) is 204 Å². The van der Waals surface area contributed by atoms with Gasteiger partial charge in [-0.15, -0.1) is 0 Å². The summed E-state index contributed by atoms with van der Waals surface area (Å²) in [6.07, 6.45) is 51.8. The van der Waals surface area contributed by atoms with Crippen LogP contribution in [0.5, 0.6) is 0 Å². The predicted molar refractivity (Wildman–Crippen MR) is 339 cm³/mol. The van der Waals surface area contributed by atoms with Crippen molar-refractivity contribution >= 4 is 16.7 Å². The Morgan fingerprint density at radius 2 is 1.11 bits per heavy atom. The number of allylic oxidation sites excluding steroid dienone is 1. The summed E-state index contributed by atoms with van der Waals surface area (Å²) in [6, 6.07) is 14.6. The number of hydrogen-bond acceptors (Lipinski definition) is 9. The molecule has 15 fully saturated rings. The maximum Gasteiger partial charge on any atom is 0.312 e. The number of rotatable bonds is 17. The third kappa shape index (κ3) is 17.8. The molecule has 18 rings (SSSR count). The maximum absolute atomic E-state index is 12.4. The van der Waals surface area contributed by atoms with E-state index in [9.17, 15) is 4.79 Å². The van der Waals surface area contributed by atoms with Crippen LogP contribution in [0.4, 0.5) is 0 Å². The first-order valence-electron chi connectivity index (χ1n) is 33.5. The molecule has 1 aliphatic heterocycles. The average molecular weight is 1150 g/mol. The molecule has 15 saturated carbocycles. The zero-order valence-electron chi connectivity index (χ0n) is 51.6. The summed E-state index contributed by atoms with van der Waals surface area (Å²) < 4.78 is 42.4. The number of carbonyl (C=O) groups excluding carboxylic acids is 1. The van der Waals surface area contributed by atoms with Crippen molar-refractivity contribution in [3.05, 3.63) is 137 Å². The SMILES string of the molecule is C1=COCCC1.C=COC12CC3CC(CC(C3)C1)C2.C=COC1C2CC3CC(C2)CC1C3.C=COC1CCCCC1.C=COCC1CC2CCC1C2.C=COCCOC(=O)C12CC3CC(CC(C3)C1)C2.C=COCc1ccc2ccccc2c1. The van der Waals surface area contributed by atoms with E-state index < -0.39 is 0 Å². The minimum Gasteiger partial charge on any atom is -0.502 e. The van der Waals surface area contributed by atoms with Crippen molar-refractivity contribution in [3.8, 4) is 0 Å². The molecular formula is C75H108O9. The van der Waals surface area contributed by atoms with Crippen molar-refractivity contribution in [2.75, 3.05) is 26.4 Å². The molecule has 14 bridgehead atoms. The Balaban J connectivity index is 0.000000120. The van der Waals surface area contributed by atoms with Gasteiger partial charge in [-0.3, -0.25) is 4.79 Å². The second kappa shape index (κ2) is 32.1. The molecule has 0 saturated heterocycles. The molecule has 3 unspecified atom stereocenters. The molecule has 1 heterocycles. The van der Waals surface area contributed by atoms with Crippen molar-refractivity contribution in [2.24, 2.45) is 82.3 Å². The van der Waals surface area contributed by atoms with E-state index in [-0.39, 0.29) is 17.0 Å². The van der Waals surface area contributed by atoms with Gasteiger partial charge in [0, 0.05) is 0 Å². The van der Waals surface area contributed by atoms with E-state index >= 15 is 0 Å². The van der Waals surface area contributed by atoms with Gasteiger partial charge in [-0.25, -0.2) is 0 Å². The highest BCUT2D eigenvalue weighted by molar-refractivity contribution is 5.83. The number of hydrogen-bond donors (Lipinski definition) is 0. The fourth-order valence-electron chi connectivity index (χ4n) is 19.4. The molecule has 84 heavy (non-hydrogen) atoms. The number of carbonyl (C=O) groups is 1. The van der Waals surface area contributed by atoms with Gasteiger partial charge < -0.3 is 37.9 Å². The van der Waals surface area contributed by atoms with E-state index in [2.05, 4.69) is 69.8 Å². The molecule has 9 heteroatoms. The lowest BCUT2D eigenvalue weighted by molar-refractivity contribution is -0.172. The lowest BCUT2D eigenvalue weighted by Gasteiger charge is -2.55. The third-order valence-electron chi connectivity index (χ3n) is 21.9. The molecule has 0 radical (unpaired) electrons. The van der Waals surface area contributed by atoms with E-state index in [1.165, 1.54) is 189 Å². The number of benzene rings is 2. The fourth-order valence-corrected chi connectivity index (χ4v) is 19.4. The van der Waals surface area contributed by atoms with Crippen LogP contribution >= 0.6 is 0 Å². The van der Waals surface area contributed by atoms with Gasteiger partial charge in [0.1, 0.15) is 31.5 Å². The molecule has 2 aromatic rings. The van der Waals surface area contributed by atoms with Gasteiger partial charge >= 0.3 is 5.97 Å². The summed E-state index contributed by atoms with van der Waals surface area (Å²) in [7, 11) is 0.